The average Bonchev–Trinajstić information content (AvgIpc) is 3.31. The molecule has 9 heteroatoms. The summed E-state index contributed by atoms with van der Waals surface area (Å²) in [5.74, 6) is 1.52. The van der Waals surface area contributed by atoms with Crippen molar-refractivity contribution in [1.29, 1.82) is 0 Å². The van der Waals surface area contributed by atoms with Crippen molar-refractivity contribution in [3.8, 4) is 5.75 Å². The molecule has 0 bridgehead atoms. The fourth-order valence-corrected chi connectivity index (χ4v) is 5.25. The summed E-state index contributed by atoms with van der Waals surface area (Å²) in [5, 5.41) is 1.03. The maximum absolute atomic E-state index is 13.5. The Balaban J connectivity index is 1.57. The van der Waals surface area contributed by atoms with Crippen molar-refractivity contribution < 1.29 is 17.6 Å². The third-order valence-corrected chi connectivity index (χ3v) is 7.78. The second kappa shape index (κ2) is 11.3. The normalized spacial score (nSPS) is 11.9. The molecular weight excluding hydrogens is 519 g/mol. The standard InChI is InChI=1S/C27H24Cl2N2O4S/c1-19-3-12-25(13-4-19)36(32,33)31(17-20-5-7-21(28)8-6-20)18-24-11-10-23(35-24)16-30-22-9-14-27(34-2)26(29)15-22/h3-16H,17-18H2,1-2H3. The van der Waals surface area contributed by atoms with Crippen LogP contribution in [0, 0.1) is 6.92 Å². The summed E-state index contributed by atoms with van der Waals surface area (Å²) >= 11 is 12.2. The van der Waals surface area contributed by atoms with Crippen LogP contribution in [-0.2, 0) is 23.1 Å². The van der Waals surface area contributed by atoms with Gasteiger partial charge in [0.05, 0.1) is 35.5 Å². The van der Waals surface area contributed by atoms with Crippen LogP contribution < -0.4 is 4.74 Å². The predicted molar refractivity (Wildman–Crippen MR) is 143 cm³/mol. The van der Waals surface area contributed by atoms with Gasteiger partial charge in [0, 0.05) is 11.6 Å². The highest BCUT2D eigenvalue weighted by molar-refractivity contribution is 7.89. The van der Waals surface area contributed by atoms with E-state index < -0.39 is 10.0 Å². The van der Waals surface area contributed by atoms with Crippen LogP contribution in [0.4, 0.5) is 5.69 Å². The first-order valence-electron chi connectivity index (χ1n) is 11.0. The summed E-state index contributed by atoms with van der Waals surface area (Å²) in [6.45, 7) is 2.11. The number of furan rings is 1. The van der Waals surface area contributed by atoms with Gasteiger partial charge in [0.25, 0.3) is 0 Å². The Kier molecular flexibility index (Phi) is 8.16. The molecule has 4 aromatic rings. The van der Waals surface area contributed by atoms with Crippen LogP contribution in [-0.4, -0.2) is 26.0 Å². The third-order valence-electron chi connectivity index (χ3n) is 5.42. The van der Waals surface area contributed by atoms with Gasteiger partial charge >= 0.3 is 0 Å². The van der Waals surface area contributed by atoms with E-state index >= 15 is 0 Å². The molecule has 0 saturated carbocycles. The number of aryl methyl sites for hydroxylation is 1. The number of nitrogens with zero attached hydrogens (tertiary/aromatic N) is 2. The van der Waals surface area contributed by atoms with Gasteiger partial charge in [-0.15, -0.1) is 0 Å². The van der Waals surface area contributed by atoms with Crippen molar-refractivity contribution >= 4 is 45.1 Å². The molecule has 0 amide bonds. The molecule has 0 N–H and O–H groups in total. The molecule has 0 spiro atoms. The average molecular weight is 543 g/mol. The Morgan fingerprint density at radius 1 is 0.944 bits per heavy atom. The van der Waals surface area contributed by atoms with Gasteiger partial charge in [-0.1, -0.05) is 53.0 Å². The summed E-state index contributed by atoms with van der Waals surface area (Å²) in [7, 11) is -2.26. The molecule has 3 aromatic carbocycles. The second-order valence-corrected chi connectivity index (χ2v) is 10.9. The zero-order valence-corrected chi connectivity index (χ0v) is 22.0. The van der Waals surface area contributed by atoms with E-state index in [9.17, 15) is 8.42 Å². The van der Waals surface area contributed by atoms with Crippen LogP contribution in [0.1, 0.15) is 22.6 Å². The number of ether oxygens (including phenoxy) is 1. The zero-order valence-electron chi connectivity index (χ0n) is 19.7. The van der Waals surface area contributed by atoms with E-state index in [4.69, 9.17) is 32.4 Å². The summed E-state index contributed by atoms with van der Waals surface area (Å²) in [6, 6.07) is 22.5. The first kappa shape index (κ1) is 26.0. The molecule has 0 saturated heterocycles. The minimum absolute atomic E-state index is 0.0427. The first-order valence-corrected chi connectivity index (χ1v) is 13.2. The number of hydrogen-bond acceptors (Lipinski definition) is 5. The van der Waals surface area contributed by atoms with Gasteiger partial charge in [-0.2, -0.15) is 4.31 Å². The van der Waals surface area contributed by atoms with Crippen molar-refractivity contribution in [3.63, 3.8) is 0 Å². The lowest BCUT2D eigenvalue weighted by molar-refractivity contribution is 0.357. The summed E-state index contributed by atoms with van der Waals surface area (Å²) < 4.78 is 39.5. The van der Waals surface area contributed by atoms with Crippen LogP contribution in [0.5, 0.6) is 5.75 Å². The molecule has 0 aliphatic carbocycles. The molecule has 1 aromatic heterocycles. The topological polar surface area (TPSA) is 72.1 Å². The van der Waals surface area contributed by atoms with Crippen molar-refractivity contribution in [1.82, 2.24) is 4.31 Å². The highest BCUT2D eigenvalue weighted by Crippen LogP contribution is 2.29. The Bertz CT molecular complexity index is 1460. The molecule has 6 nitrogen and oxygen atoms in total. The van der Waals surface area contributed by atoms with Crippen LogP contribution in [0.15, 0.2) is 93.2 Å². The van der Waals surface area contributed by atoms with Crippen molar-refractivity contribution in [2.24, 2.45) is 4.99 Å². The number of benzene rings is 3. The molecule has 1 heterocycles. The van der Waals surface area contributed by atoms with Gasteiger partial charge in [0.15, 0.2) is 0 Å². The molecule has 186 valence electrons. The first-order chi connectivity index (χ1) is 17.2. The molecule has 0 radical (unpaired) electrons. The van der Waals surface area contributed by atoms with Gasteiger partial charge in [0.2, 0.25) is 10.0 Å². The van der Waals surface area contributed by atoms with Crippen LogP contribution in [0.3, 0.4) is 0 Å². The lowest BCUT2D eigenvalue weighted by Crippen LogP contribution is -2.30. The summed E-state index contributed by atoms with van der Waals surface area (Å²) in [4.78, 5) is 4.60. The molecular formula is C27H24Cl2N2O4S. The molecule has 36 heavy (non-hydrogen) atoms. The van der Waals surface area contributed by atoms with E-state index in [1.54, 1.807) is 92.2 Å². The van der Waals surface area contributed by atoms with Gasteiger partial charge in [-0.05, 0) is 67.1 Å². The highest BCUT2D eigenvalue weighted by atomic mass is 35.5. The minimum Gasteiger partial charge on any atom is -0.495 e. The maximum atomic E-state index is 13.5. The van der Waals surface area contributed by atoms with E-state index in [0.29, 0.717) is 33.0 Å². The van der Waals surface area contributed by atoms with Crippen LogP contribution >= 0.6 is 23.2 Å². The molecule has 0 unspecified atom stereocenters. The predicted octanol–water partition coefficient (Wildman–Crippen LogP) is 7.05. The van der Waals surface area contributed by atoms with Gasteiger partial charge in [0.1, 0.15) is 17.3 Å². The largest absolute Gasteiger partial charge is 0.495 e. The summed E-state index contributed by atoms with van der Waals surface area (Å²) in [6.07, 6.45) is 1.56. The summed E-state index contributed by atoms with van der Waals surface area (Å²) in [5.41, 5.74) is 2.41. The molecule has 4 rings (SSSR count). The molecule has 0 atom stereocenters. The fraction of sp³-hybridized carbons (Fsp3) is 0.148. The quantitative estimate of drug-likeness (QED) is 0.212. The van der Waals surface area contributed by atoms with E-state index in [1.165, 1.54) is 4.31 Å². The monoisotopic (exact) mass is 542 g/mol. The van der Waals surface area contributed by atoms with E-state index in [2.05, 4.69) is 4.99 Å². The number of aliphatic imine (C=N–C) groups is 1. The van der Waals surface area contributed by atoms with E-state index in [1.807, 2.05) is 6.92 Å². The molecule has 0 aliphatic heterocycles. The number of rotatable bonds is 9. The maximum Gasteiger partial charge on any atom is 0.243 e. The lowest BCUT2D eigenvalue weighted by atomic mass is 10.2. The van der Waals surface area contributed by atoms with Gasteiger partial charge in [-0.3, -0.25) is 4.99 Å². The minimum atomic E-state index is -3.80. The molecule has 0 fully saturated rings. The number of methoxy groups -OCH3 is 1. The number of halogens is 2. The number of sulfonamides is 1. The van der Waals surface area contributed by atoms with E-state index in [-0.39, 0.29) is 18.0 Å². The van der Waals surface area contributed by atoms with Crippen molar-refractivity contribution in [3.05, 3.63) is 112 Å². The SMILES string of the molecule is COc1ccc(N=Cc2ccc(CN(Cc3ccc(Cl)cc3)S(=O)(=O)c3ccc(C)cc3)o2)cc1Cl. The Labute approximate surface area is 220 Å². The smallest absolute Gasteiger partial charge is 0.243 e. The fourth-order valence-electron chi connectivity index (χ4n) is 3.48. The van der Waals surface area contributed by atoms with Gasteiger partial charge < -0.3 is 9.15 Å². The highest BCUT2D eigenvalue weighted by Gasteiger charge is 2.26. The zero-order chi connectivity index (χ0) is 25.7. The van der Waals surface area contributed by atoms with Crippen molar-refractivity contribution in [2.75, 3.05) is 7.11 Å². The Morgan fingerprint density at radius 3 is 2.33 bits per heavy atom. The Hall–Kier alpha value is -3.10. The van der Waals surface area contributed by atoms with Crippen molar-refractivity contribution in [2.45, 2.75) is 24.9 Å². The van der Waals surface area contributed by atoms with Crippen LogP contribution in [0.25, 0.3) is 0 Å². The Morgan fingerprint density at radius 2 is 1.67 bits per heavy atom. The second-order valence-electron chi connectivity index (χ2n) is 8.09. The van der Waals surface area contributed by atoms with Gasteiger partial charge in [-0.25, -0.2) is 8.42 Å². The molecule has 0 aliphatic rings. The lowest BCUT2D eigenvalue weighted by Gasteiger charge is -2.21. The third kappa shape index (κ3) is 6.36. The van der Waals surface area contributed by atoms with Crippen LogP contribution in [0.2, 0.25) is 10.0 Å². The number of hydrogen-bond donors (Lipinski definition) is 0. The van der Waals surface area contributed by atoms with E-state index in [0.717, 1.165) is 11.1 Å².